The van der Waals surface area contributed by atoms with Crippen molar-refractivity contribution in [2.45, 2.75) is 33.6 Å². The molecule has 23 heavy (non-hydrogen) atoms. The van der Waals surface area contributed by atoms with E-state index in [-0.39, 0.29) is 28.9 Å². The largest absolute Gasteiger partial charge is 0.439 e. The molecule has 2 aromatic rings. The van der Waals surface area contributed by atoms with Gasteiger partial charge in [-0.3, -0.25) is 4.79 Å². The molecule has 0 bridgehead atoms. The van der Waals surface area contributed by atoms with Gasteiger partial charge in [0.1, 0.15) is 5.52 Å². The van der Waals surface area contributed by atoms with E-state index in [2.05, 4.69) is 31.0 Å². The van der Waals surface area contributed by atoms with E-state index in [1.807, 2.05) is 32.0 Å². The minimum Gasteiger partial charge on any atom is -0.439 e. The Morgan fingerprint density at radius 3 is 2.70 bits per heavy atom. The highest BCUT2D eigenvalue weighted by Crippen LogP contribution is 2.61. The highest BCUT2D eigenvalue weighted by Gasteiger charge is 2.61. The highest BCUT2D eigenvalue weighted by molar-refractivity contribution is 5.93. The lowest BCUT2D eigenvalue weighted by molar-refractivity contribution is -0.121. The number of benzene rings is 1. The maximum atomic E-state index is 12.9. The van der Waals surface area contributed by atoms with Crippen molar-refractivity contribution in [1.29, 1.82) is 5.26 Å². The van der Waals surface area contributed by atoms with Crippen LogP contribution in [0.2, 0.25) is 0 Å². The first-order valence-corrected chi connectivity index (χ1v) is 7.80. The summed E-state index contributed by atoms with van der Waals surface area (Å²) in [5, 5.41) is 9.50. The molecule has 1 saturated carbocycles. The van der Waals surface area contributed by atoms with Crippen LogP contribution in [0, 0.1) is 28.6 Å². The summed E-state index contributed by atoms with van der Waals surface area (Å²) in [6.07, 6.45) is 2.13. The Kier molecular flexibility index (Phi) is 3.60. The first-order chi connectivity index (χ1) is 10.9. The van der Waals surface area contributed by atoms with E-state index in [1.54, 1.807) is 6.07 Å². The molecule has 1 aliphatic rings. The molecule has 1 aromatic carbocycles. The summed E-state index contributed by atoms with van der Waals surface area (Å²) in [5.74, 6) is -0.802. The quantitative estimate of drug-likeness (QED) is 0.792. The van der Waals surface area contributed by atoms with Gasteiger partial charge in [0.25, 0.3) is 0 Å². The molecule has 1 fully saturated rings. The number of para-hydroxylation sites is 2. The molecular weight excluding hydrogens is 288 g/mol. The van der Waals surface area contributed by atoms with Gasteiger partial charge in [-0.1, -0.05) is 37.6 Å². The first-order valence-electron chi connectivity index (χ1n) is 7.80. The molecule has 0 spiro atoms. The first kappa shape index (κ1) is 15.5. The fourth-order valence-corrected chi connectivity index (χ4v) is 3.32. The third kappa shape index (κ3) is 2.57. The van der Waals surface area contributed by atoms with Gasteiger partial charge < -0.3 is 4.42 Å². The zero-order valence-corrected chi connectivity index (χ0v) is 13.8. The Hall–Kier alpha value is -2.41. The average Bonchev–Trinajstić information content (AvgIpc) is 2.84. The Morgan fingerprint density at radius 1 is 1.39 bits per heavy atom. The Morgan fingerprint density at radius 2 is 2.09 bits per heavy atom. The third-order valence-corrected chi connectivity index (χ3v) is 4.70. The summed E-state index contributed by atoms with van der Waals surface area (Å²) >= 11 is 0. The van der Waals surface area contributed by atoms with Gasteiger partial charge in [0.2, 0.25) is 5.89 Å². The van der Waals surface area contributed by atoms with Crippen molar-refractivity contribution in [3.63, 3.8) is 0 Å². The number of hydrogen-bond donors (Lipinski definition) is 0. The predicted molar refractivity (Wildman–Crippen MR) is 87.6 cm³/mol. The number of rotatable bonds is 4. The second kappa shape index (κ2) is 5.34. The van der Waals surface area contributed by atoms with E-state index >= 15 is 0 Å². The molecule has 3 atom stereocenters. The molecule has 4 nitrogen and oxygen atoms in total. The van der Waals surface area contributed by atoms with Crippen molar-refractivity contribution < 1.29 is 9.21 Å². The lowest BCUT2D eigenvalue weighted by Crippen LogP contribution is -2.16. The topological polar surface area (TPSA) is 66.9 Å². The Labute approximate surface area is 135 Å². The summed E-state index contributed by atoms with van der Waals surface area (Å²) in [5.41, 5.74) is 2.35. The van der Waals surface area contributed by atoms with Crippen molar-refractivity contribution in [2.75, 3.05) is 0 Å². The van der Waals surface area contributed by atoms with Crippen LogP contribution in [0.1, 0.15) is 39.5 Å². The molecule has 0 unspecified atom stereocenters. The molecule has 0 radical (unpaired) electrons. The van der Waals surface area contributed by atoms with Crippen LogP contribution in [0.3, 0.4) is 0 Å². The molecule has 0 N–H and O–H groups in total. The molecule has 0 aliphatic heterocycles. The fourth-order valence-electron chi connectivity index (χ4n) is 3.32. The average molecular weight is 308 g/mol. The van der Waals surface area contributed by atoms with E-state index in [0.717, 1.165) is 0 Å². The van der Waals surface area contributed by atoms with Crippen LogP contribution in [0.4, 0.5) is 0 Å². The van der Waals surface area contributed by atoms with Gasteiger partial charge in [0, 0.05) is 5.92 Å². The molecule has 0 amide bonds. The van der Waals surface area contributed by atoms with Gasteiger partial charge in [0.05, 0.1) is 6.07 Å². The normalized spacial score (nSPS) is 23.1. The summed E-state index contributed by atoms with van der Waals surface area (Å²) in [4.78, 5) is 17.2. The van der Waals surface area contributed by atoms with Crippen molar-refractivity contribution in [3.05, 3.63) is 41.8 Å². The molecule has 4 heteroatoms. The fraction of sp³-hybridized carbons (Fsp3) is 0.421. The maximum absolute atomic E-state index is 12.9. The molecule has 0 saturated heterocycles. The molecular formula is C19H20N2O2. The van der Waals surface area contributed by atoms with Crippen molar-refractivity contribution >= 4 is 16.9 Å². The van der Waals surface area contributed by atoms with Crippen LogP contribution < -0.4 is 0 Å². The standard InChI is InChI=1S/C19H20N2O2/c1-11(2)9-13-16(19(13,3)4)17(22)12(10-20)18-21-14-7-5-6-8-15(14)23-18/h5-9,12-13,16H,1-4H3/t12-,13-,16+/m1/s1. The minimum absolute atomic E-state index is 0.0912. The molecule has 1 heterocycles. The molecule has 1 aliphatic carbocycles. The number of Topliss-reactive ketones (excluding diaryl/α,β-unsaturated/α-hetero) is 1. The van der Waals surface area contributed by atoms with Gasteiger partial charge in [-0.2, -0.15) is 5.26 Å². The van der Waals surface area contributed by atoms with E-state index in [9.17, 15) is 10.1 Å². The zero-order chi connectivity index (χ0) is 16.8. The number of carbonyl (C=O) groups excluding carboxylic acids is 1. The smallest absolute Gasteiger partial charge is 0.220 e. The summed E-state index contributed by atoms with van der Waals surface area (Å²) < 4.78 is 5.63. The van der Waals surface area contributed by atoms with Crippen LogP contribution in [0.5, 0.6) is 0 Å². The maximum Gasteiger partial charge on any atom is 0.220 e. The number of ketones is 1. The number of fused-ring (bicyclic) bond motifs is 1. The SMILES string of the molecule is CC(C)=C[C@@H]1[C@@H](C(=O)[C@@H](C#N)c2nc3ccccc3o2)C1(C)C. The van der Waals surface area contributed by atoms with Crippen molar-refractivity contribution in [1.82, 2.24) is 4.98 Å². The molecule has 118 valence electrons. The minimum atomic E-state index is -0.942. The highest BCUT2D eigenvalue weighted by atomic mass is 16.3. The van der Waals surface area contributed by atoms with Crippen molar-refractivity contribution in [2.24, 2.45) is 17.3 Å². The number of oxazole rings is 1. The van der Waals surface area contributed by atoms with Gasteiger partial charge >= 0.3 is 0 Å². The van der Waals surface area contributed by atoms with Crippen LogP contribution in [-0.4, -0.2) is 10.8 Å². The van der Waals surface area contributed by atoms with Gasteiger partial charge in [-0.05, 0) is 37.3 Å². The molecule has 1 aromatic heterocycles. The van der Waals surface area contributed by atoms with Gasteiger partial charge in [-0.25, -0.2) is 4.98 Å². The monoisotopic (exact) mass is 308 g/mol. The number of nitrogens with zero attached hydrogens (tertiary/aromatic N) is 2. The van der Waals surface area contributed by atoms with Gasteiger partial charge in [0.15, 0.2) is 17.3 Å². The predicted octanol–water partition coefficient (Wildman–Crippen LogP) is 4.24. The lowest BCUT2D eigenvalue weighted by Gasteiger charge is -2.05. The second-order valence-electron chi connectivity index (χ2n) is 7.05. The van der Waals surface area contributed by atoms with Crippen LogP contribution in [-0.2, 0) is 4.79 Å². The van der Waals surface area contributed by atoms with E-state index in [4.69, 9.17) is 4.42 Å². The summed E-state index contributed by atoms with van der Waals surface area (Å²) in [6, 6.07) is 9.39. The third-order valence-electron chi connectivity index (χ3n) is 4.70. The number of hydrogen-bond acceptors (Lipinski definition) is 4. The van der Waals surface area contributed by atoms with E-state index in [1.165, 1.54) is 5.57 Å². The number of allylic oxidation sites excluding steroid dienone is 2. The summed E-state index contributed by atoms with van der Waals surface area (Å²) in [6.45, 7) is 8.19. The van der Waals surface area contributed by atoms with E-state index in [0.29, 0.717) is 11.1 Å². The summed E-state index contributed by atoms with van der Waals surface area (Å²) in [7, 11) is 0. The van der Waals surface area contributed by atoms with Crippen LogP contribution in [0.25, 0.3) is 11.1 Å². The van der Waals surface area contributed by atoms with E-state index < -0.39 is 5.92 Å². The second-order valence-corrected chi connectivity index (χ2v) is 7.05. The van der Waals surface area contributed by atoms with Crippen LogP contribution in [0.15, 0.2) is 40.3 Å². The Balaban J connectivity index is 1.91. The number of nitriles is 1. The van der Waals surface area contributed by atoms with Crippen LogP contribution >= 0.6 is 0 Å². The van der Waals surface area contributed by atoms with Gasteiger partial charge in [-0.15, -0.1) is 0 Å². The number of carbonyl (C=O) groups is 1. The lowest BCUT2D eigenvalue weighted by atomic mass is 9.97. The number of aromatic nitrogens is 1. The zero-order valence-electron chi connectivity index (χ0n) is 13.8. The Bertz CT molecular complexity index is 801. The molecule has 3 rings (SSSR count). The van der Waals surface area contributed by atoms with Crippen molar-refractivity contribution in [3.8, 4) is 6.07 Å².